The molecule has 1 heterocycles. The van der Waals surface area contributed by atoms with E-state index in [4.69, 9.17) is 22.8 Å². The molecule has 1 aromatic carbocycles. The summed E-state index contributed by atoms with van der Waals surface area (Å²) in [6.45, 7) is 0. The van der Waals surface area contributed by atoms with Crippen LogP contribution in [0.5, 0.6) is 0 Å². The highest BCUT2D eigenvalue weighted by Crippen LogP contribution is 2.28. The van der Waals surface area contributed by atoms with E-state index in [1.54, 1.807) is 12.1 Å². The fraction of sp³-hybridized carbons (Fsp3) is 0.0667. The molecule has 0 unspecified atom stereocenters. The summed E-state index contributed by atoms with van der Waals surface area (Å²) < 4.78 is 4.74. The van der Waals surface area contributed by atoms with Crippen LogP contribution in [0.2, 0.25) is 5.15 Å². The van der Waals surface area contributed by atoms with E-state index in [1.807, 2.05) is 18.2 Å². The molecule has 0 aliphatic carbocycles. The smallest absolute Gasteiger partial charge is 0.340 e. The third-order valence-electron chi connectivity index (χ3n) is 2.65. The first-order valence-electron chi connectivity index (χ1n) is 5.47. The molecule has 0 fully saturated rings. The zero-order valence-corrected chi connectivity index (χ0v) is 10.9. The van der Waals surface area contributed by atoms with E-state index in [1.165, 1.54) is 13.3 Å². The normalized spacial score (nSPS) is 9.74. The summed E-state index contributed by atoms with van der Waals surface area (Å²) in [5.41, 5.74) is 2.36. The van der Waals surface area contributed by atoms with Crippen LogP contribution in [0.3, 0.4) is 0 Å². The lowest BCUT2D eigenvalue weighted by atomic mass is 9.97. The molecular formula is C15H10ClNO2. The Kier molecular flexibility index (Phi) is 3.84. The molecule has 3 nitrogen and oxygen atoms in total. The number of aromatic nitrogens is 1. The van der Waals surface area contributed by atoms with Crippen molar-refractivity contribution in [2.24, 2.45) is 0 Å². The van der Waals surface area contributed by atoms with Crippen molar-refractivity contribution in [3.63, 3.8) is 0 Å². The van der Waals surface area contributed by atoms with Crippen molar-refractivity contribution >= 4 is 17.6 Å². The quantitative estimate of drug-likeness (QED) is 0.478. The minimum absolute atomic E-state index is 0.287. The summed E-state index contributed by atoms with van der Waals surface area (Å²) in [6, 6.07) is 8.90. The van der Waals surface area contributed by atoms with E-state index in [0.29, 0.717) is 16.7 Å². The van der Waals surface area contributed by atoms with E-state index in [9.17, 15) is 4.79 Å². The molecule has 2 rings (SSSR count). The third kappa shape index (κ3) is 2.59. The van der Waals surface area contributed by atoms with Gasteiger partial charge in [0, 0.05) is 17.3 Å². The van der Waals surface area contributed by atoms with Gasteiger partial charge in [-0.15, -0.1) is 6.42 Å². The van der Waals surface area contributed by atoms with Crippen LogP contribution in [0.25, 0.3) is 11.1 Å². The largest absolute Gasteiger partial charge is 0.465 e. The average Bonchev–Trinajstić information content (AvgIpc) is 2.46. The first-order valence-corrected chi connectivity index (χ1v) is 5.85. The van der Waals surface area contributed by atoms with Crippen LogP contribution in [-0.4, -0.2) is 18.1 Å². The fourth-order valence-corrected chi connectivity index (χ4v) is 1.93. The molecule has 0 N–H and O–H groups in total. The second kappa shape index (κ2) is 5.55. The first kappa shape index (κ1) is 13.1. The van der Waals surface area contributed by atoms with Gasteiger partial charge < -0.3 is 4.74 Å². The molecule has 0 atom stereocenters. The van der Waals surface area contributed by atoms with E-state index >= 15 is 0 Å². The highest BCUT2D eigenvalue weighted by atomic mass is 35.5. The van der Waals surface area contributed by atoms with Gasteiger partial charge in [-0.05, 0) is 17.7 Å². The molecule has 19 heavy (non-hydrogen) atoms. The number of pyridine rings is 1. The van der Waals surface area contributed by atoms with Gasteiger partial charge in [-0.25, -0.2) is 9.78 Å². The topological polar surface area (TPSA) is 39.2 Å². The Bertz CT molecular complexity index is 674. The molecule has 0 radical (unpaired) electrons. The standard InChI is InChI=1S/C15H10ClNO2/c1-3-10-6-4-5-7-11(10)12-8-14(16)17-9-13(12)15(18)19-2/h1,4-9H,2H3. The number of hydrogen-bond acceptors (Lipinski definition) is 3. The lowest BCUT2D eigenvalue weighted by molar-refractivity contribution is 0.0601. The molecule has 4 heteroatoms. The van der Waals surface area contributed by atoms with Gasteiger partial charge in [-0.1, -0.05) is 35.7 Å². The van der Waals surface area contributed by atoms with E-state index < -0.39 is 5.97 Å². The van der Waals surface area contributed by atoms with Crippen LogP contribution >= 0.6 is 11.6 Å². The van der Waals surface area contributed by atoms with Crippen molar-refractivity contribution in [2.45, 2.75) is 0 Å². The summed E-state index contributed by atoms with van der Waals surface area (Å²) in [5.74, 6) is 2.10. The minimum atomic E-state index is -0.481. The number of methoxy groups -OCH3 is 1. The van der Waals surface area contributed by atoms with Gasteiger partial charge in [0.25, 0.3) is 0 Å². The number of nitrogens with zero attached hydrogens (tertiary/aromatic N) is 1. The number of carbonyl (C=O) groups excluding carboxylic acids is 1. The predicted octanol–water partition coefficient (Wildman–Crippen LogP) is 3.17. The third-order valence-corrected chi connectivity index (χ3v) is 2.86. The van der Waals surface area contributed by atoms with E-state index in [0.717, 1.165) is 5.56 Å². The van der Waals surface area contributed by atoms with Crippen LogP contribution in [0.4, 0.5) is 0 Å². The molecule has 0 spiro atoms. The Balaban J connectivity index is 2.71. The monoisotopic (exact) mass is 271 g/mol. The van der Waals surface area contributed by atoms with Crippen molar-refractivity contribution in [3.8, 4) is 23.5 Å². The average molecular weight is 272 g/mol. The van der Waals surface area contributed by atoms with Gasteiger partial charge in [-0.3, -0.25) is 0 Å². The molecule has 0 aliphatic heterocycles. The van der Waals surface area contributed by atoms with Crippen molar-refractivity contribution in [3.05, 3.63) is 52.8 Å². The maximum atomic E-state index is 11.8. The Labute approximate surface area is 116 Å². The number of terminal acetylenes is 1. The van der Waals surface area contributed by atoms with Crippen molar-refractivity contribution in [2.75, 3.05) is 7.11 Å². The van der Waals surface area contributed by atoms with Crippen molar-refractivity contribution in [1.29, 1.82) is 0 Å². The van der Waals surface area contributed by atoms with E-state index in [-0.39, 0.29) is 5.15 Å². The number of carbonyl (C=O) groups is 1. The van der Waals surface area contributed by atoms with Gasteiger partial charge >= 0.3 is 5.97 Å². The summed E-state index contributed by atoms with van der Waals surface area (Å²) in [5, 5.41) is 0.287. The zero-order valence-electron chi connectivity index (χ0n) is 10.2. The summed E-state index contributed by atoms with van der Waals surface area (Å²) >= 11 is 5.90. The highest BCUT2D eigenvalue weighted by Gasteiger charge is 2.16. The van der Waals surface area contributed by atoms with Crippen LogP contribution in [-0.2, 0) is 4.74 Å². The number of hydrogen-bond donors (Lipinski definition) is 0. The number of ether oxygens (including phenoxy) is 1. The molecule has 94 valence electrons. The molecule has 2 aromatic rings. The summed E-state index contributed by atoms with van der Waals surface area (Å²) in [4.78, 5) is 15.7. The molecule has 0 aliphatic rings. The lowest BCUT2D eigenvalue weighted by Crippen LogP contribution is -2.05. The summed E-state index contributed by atoms with van der Waals surface area (Å²) in [6.07, 6.45) is 6.86. The van der Waals surface area contributed by atoms with Gasteiger partial charge in [0.1, 0.15) is 5.15 Å². The van der Waals surface area contributed by atoms with Crippen LogP contribution in [0.1, 0.15) is 15.9 Å². The predicted molar refractivity (Wildman–Crippen MR) is 74.0 cm³/mol. The van der Waals surface area contributed by atoms with Gasteiger partial charge in [0.15, 0.2) is 0 Å². The second-order valence-corrected chi connectivity index (χ2v) is 4.12. The SMILES string of the molecule is C#Cc1ccccc1-c1cc(Cl)ncc1C(=O)OC. The second-order valence-electron chi connectivity index (χ2n) is 3.73. The van der Waals surface area contributed by atoms with E-state index in [2.05, 4.69) is 10.9 Å². The van der Waals surface area contributed by atoms with Gasteiger partial charge in [0.05, 0.1) is 12.7 Å². The van der Waals surface area contributed by atoms with Gasteiger partial charge in [-0.2, -0.15) is 0 Å². The molecule has 0 bridgehead atoms. The fourth-order valence-electron chi connectivity index (χ4n) is 1.77. The zero-order chi connectivity index (χ0) is 13.8. The maximum Gasteiger partial charge on any atom is 0.340 e. The Morgan fingerprint density at radius 1 is 1.37 bits per heavy atom. The molecule has 1 aromatic heterocycles. The lowest BCUT2D eigenvalue weighted by Gasteiger charge is -2.10. The molecule has 0 saturated heterocycles. The number of esters is 1. The van der Waals surface area contributed by atoms with Crippen LogP contribution in [0, 0.1) is 12.3 Å². The Morgan fingerprint density at radius 2 is 2.11 bits per heavy atom. The summed E-state index contributed by atoms with van der Waals surface area (Å²) in [7, 11) is 1.31. The van der Waals surface area contributed by atoms with Crippen molar-refractivity contribution < 1.29 is 9.53 Å². The Hall–Kier alpha value is -2.31. The number of rotatable bonds is 2. The molecular weight excluding hydrogens is 262 g/mol. The first-order chi connectivity index (χ1) is 9.17. The van der Waals surface area contributed by atoms with Crippen molar-refractivity contribution in [1.82, 2.24) is 4.98 Å². The minimum Gasteiger partial charge on any atom is -0.465 e. The number of halogens is 1. The molecule has 0 saturated carbocycles. The molecule has 0 amide bonds. The highest BCUT2D eigenvalue weighted by molar-refractivity contribution is 6.29. The number of benzene rings is 1. The van der Waals surface area contributed by atoms with Crippen LogP contribution in [0.15, 0.2) is 36.5 Å². The van der Waals surface area contributed by atoms with Gasteiger partial charge in [0.2, 0.25) is 0 Å². The van der Waals surface area contributed by atoms with Crippen LogP contribution < -0.4 is 0 Å². The maximum absolute atomic E-state index is 11.8. The Morgan fingerprint density at radius 3 is 2.79 bits per heavy atom.